The van der Waals surface area contributed by atoms with E-state index in [1.807, 2.05) is 13.8 Å². The summed E-state index contributed by atoms with van der Waals surface area (Å²) in [5.41, 5.74) is 0. The van der Waals surface area contributed by atoms with Crippen molar-refractivity contribution in [2.24, 2.45) is 11.8 Å². The van der Waals surface area contributed by atoms with Crippen molar-refractivity contribution in [3.8, 4) is 0 Å². The van der Waals surface area contributed by atoms with E-state index in [0.29, 0.717) is 6.54 Å². The number of amides is 1. The predicted octanol–water partition coefficient (Wildman–Crippen LogP) is 0.602. The second kappa shape index (κ2) is 8.60. The van der Waals surface area contributed by atoms with E-state index in [1.165, 1.54) is 12.8 Å². The number of hydrogen-bond acceptors (Lipinski definition) is 4. The highest BCUT2D eigenvalue weighted by Crippen LogP contribution is 2.15. The van der Waals surface area contributed by atoms with Gasteiger partial charge >= 0.3 is 0 Å². The molecule has 2 unspecified atom stereocenters. The lowest BCUT2D eigenvalue weighted by molar-refractivity contribution is -0.124. The molecule has 2 atom stereocenters. The van der Waals surface area contributed by atoms with Crippen LogP contribution in [0.15, 0.2) is 0 Å². The molecule has 0 saturated carbocycles. The molecule has 0 bridgehead atoms. The molecule has 1 rings (SSSR count). The van der Waals surface area contributed by atoms with Crippen LogP contribution >= 0.6 is 0 Å². The summed E-state index contributed by atoms with van der Waals surface area (Å²) in [6.45, 7) is 8.94. The quantitative estimate of drug-likeness (QED) is 0.641. The molecular formula is C15H30N2O3. The summed E-state index contributed by atoms with van der Waals surface area (Å²) in [5, 5.41) is 22.2. The Bertz CT molecular complexity index is 289. The smallest absolute Gasteiger partial charge is 0.222 e. The molecule has 1 fully saturated rings. The van der Waals surface area contributed by atoms with E-state index in [0.717, 1.165) is 19.0 Å². The summed E-state index contributed by atoms with van der Waals surface area (Å²) in [7, 11) is 0. The molecule has 0 aliphatic carbocycles. The molecule has 1 saturated heterocycles. The number of hydrogen-bond donors (Lipinski definition) is 3. The van der Waals surface area contributed by atoms with Crippen molar-refractivity contribution >= 4 is 5.91 Å². The van der Waals surface area contributed by atoms with Crippen molar-refractivity contribution in [1.82, 2.24) is 10.2 Å². The maximum Gasteiger partial charge on any atom is 0.222 e. The fourth-order valence-electron chi connectivity index (χ4n) is 2.34. The zero-order valence-corrected chi connectivity index (χ0v) is 13.0. The molecule has 5 heteroatoms. The largest absolute Gasteiger partial charge is 0.392 e. The van der Waals surface area contributed by atoms with Gasteiger partial charge in [-0.2, -0.15) is 0 Å². The van der Waals surface area contributed by atoms with Gasteiger partial charge in [-0.1, -0.05) is 20.8 Å². The van der Waals surface area contributed by atoms with Crippen LogP contribution in [-0.4, -0.2) is 59.4 Å². The second-order valence-electron chi connectivity index (χ2n) is 6.46. The molecule has 0 aromatic carbocycles. The topological polar surface area (TPSA) is 72.8 Å². The Morgan fingerprint density at radius 2 is 1.90 bits per heavy atom. The van der Waals surface area contributed by atoms with Gasteiger partial charge in [0, 0.05) is 13.1 Å². The zero-order chi connectivity index (χ0) is 15.1. The summed E-state index contributed by atoms with van der Waals surface area (Å²) in [6, 6.07) is 0. The van der Waals surface area contributed by atoms with Crippen LogP contribution in [0, 0.1) is 11.8 Å². The van der Waals surface area contributed by atoms with Crippen molar-refractivity contribution in [2.75, 3.05) is 26.2 Å². The van der Waals surface area contributed by atoms with Crippen LogP contribution in [0.3, 0.4) is 0 Å². The summed E-state index contributed by atoms with van der Waals surface area (Å²) >= 11 is 0. The third kappa shape index (κ3) is 6.68. The van der Waals surface area contributed by atoms with Gasteiger partial charge in [0.25, 0.3) is 0 Å². The molecule has 5 nitrogen and oxygen atoms in total. The van der Waals surface area contributed by atoms with E-state index in [1.54, 1.807) is 0 Å². The van der Waals surface area contributed by atoms with Gasteiger partial charge in [0.15, 0.2) is 0 Å². The number of piperidine rings is 1. The van der Waals surface area contributed by atoms with E-state index >= 15 is 0 Å². The lowest BCUT2D eigenvalue weighted by Crippen LogP contribution is -2.43. The zero-order valence-electron chi connectivity index (χ0n) is 13.0. The van der Waals surface area contributed by atoms with Crippen LogP contribution in [0.2, 0.25) is 0 Å². The maximum atomic E-state index is 11.6. The Balaban J connectivity index is 2.16. The summed E-state index contributed by atoms with van der Waals surface area (Å²) < 4.78 is 0. The molecule has 0 aromatic rings. The summed E-state index contributed by atoms with van der Waals surface area (Å²) in [6.07, 6.45) is 1.31. The minimum atomic E-state index is -0.615. The fraction of sp³-hybridized carbons (Fsp3) is 0.933. The molecule has 118 valence electrons. The van der Waals surface area contributed by atoms with Crippen LogP contribution in [0.5, 0.6) is 0 Å². The number of carbonyl (C=O) groups excluding carboxylic acids is 1. The van der Waals surface area contributed by atoms with Crippen LogP contribution in [0.1, 0.15) is 40.0 Å². The SMILES string of the molecule is CC1CCN(CC(O)CNC(=O)CC(O)C(C)C)CC1. The Morgan fingerprint density at radius 1 is 1.30 bits per heavy atom. The normalized spacial score (nSPS) is 20.9. The van der Waals surface area contributed by atoms with Gasteiger partial charge in [0.1, 0.15) is 0 Å². The lowest BCUT2D eigenvalue weighted by atomic mass is 9.99. The van der Waals surface area contributed by atoms with Gasteiger partial charge in [-0.3, -0.25) is 4.79 Å². The molecule has 0 radical (unpaired) electrons. The van der Waals surface area contributed by atoms with E-state index < -0.39 is 12.2 Å². The molecule has 1 aliphatic heterocycles. The van der Waals surface area contributed by atoms with Crippen LogP contribution in [0.25, 0.3) is 0 Å². The highest BCUT2D eigenvalue weighted by molar-refractivity contribution is 5.76. The van der Waals surface area contributed by atoms with Crippen molar-refractivity contribution in [1.29, 1.82) is 0 Å². The number of aliphatic hydroxyl groups is 2. The average molecular weight is 286 g/mol. The standard InChI is InChI=1S/C15H30N2O3/c1-11(2)14(19)8-15(20)16-9-13(18)10-17-6-4-12(3)5-7-17/h11-14,18-19H,4-10H2,1-3H3,(H,16,20). The van der Waals surface area contributed by atoms with Crippen molar-refractivity contribution < 1.29 is 15.0 Å². The first-order valence-corrected chi connectivity index (χ1v) is 7.73. The van der Waals surface area contributed by atoms with Crippen LogP contribution < -0.4 is 5.32 Å². The minimum absolute atomic E-state index is 0.0704. The number of nitrogens with zero attached hydrogens (tertiary/aromatic N) is 1. The Morgan fingerprint density at radius 3 is 2.45 bits per heavy atom. The number of rotatable bonds is 7. The van der Waals surface area contributed by atoms with Gasteiger partial charge < -0.3 is 20.4 Å². The first kappa shape index (κ1) is 17.4. The summed E-state index contributed by atoms with van der Waals surface area (Å²) in [5.74, 6) is 0.652. The van der Waals surface area contributed by atoms with Gasteiger partial charge in [0.05, 0.1) is 18.6 Å². The molecule has 1 aliphatic rings. The molecular weight excluding hydrogens is 256 g/mol. The monoisotopic (exact) mass is 286 g/mol. The average Bonchev–Trinajstić information content (AvgIpc) is 2.39. The molecule has 0 aromatic heterocycles. The van der Waals surface area contributed by atoms with E-state index in [-0.39, 0.29) is 24.8 Å². The molecule has 3 N–H and O–H groups in total. The first-order valence-electron chi connectivity index (χ1n) is 7.73. The Kier molecular flexibility index (Phi) is 7.48. The minimum Gasteiger partial charge on any atom is -0.392 e. The van der Waals surface area contributed by atoms with E-state index in [4.69, 9.17) is 0 Å². The molecule has 1 amide bonds. The number of carbonyl (C=O) groups is 1. The van der Waals surface area contributed by atoms with Gasteiger partial charge in [-0.25, -0.2) is 0 Å². The van der Waals surface area contributed by atoms with Gasteiger partial charge in [0.2, 0.25) is 5.91 Å². The molecule has 1 heterocycles. The maximum absolute atomic E-state index is 11.6. The Hall–Kier alpha value is -0.650. The van der Waals surface area contributed by atoms with Crippen molar-refractivity contribution in [3.63, 3.8) is 0 Å². The molecule has 0 spiro atoms. The third-order valence-corrected chi connectivity index (χ3v) is 4.04. The molecule has 20 heavy (non-hydrogen) atoms. The summed E-state index contributed by atoms with van der Waals surface area (Å²) in [4.78, 5) is 13.9. The number of likely N-dealkylation sites (tertiary alicyclic amines) is 1. The van der Waals surface area contributed by atoms with Crippen LogP contribution in [-0.2, 0) is 4.79 Å². The van der Waals surface area contributed by atoms with Gasteiger partial charge in [-0.05, 0) is 37.8 Å². The number of β-amino-alcohol motifs (C(OH)–C–C–N with tert-alkyl or cyclic N) is 1. The van der Waals surface area contributed by atoms with Crippen molar-refractivity contribution in [2.45, 2.75) is 52.2 Å². The van der Waals surface area contributed by atoms with E-state index in [2.05, 4.69) is 17.1 Å². The third-order valence-electron chi connectivity index (χ3n) is 4.04. The number of aliphatic hydroxyl groups excluding tert-OH is 2. The van der Waals surface area contributed by atoms with Gasteiger partial charge in [-0.15, -0.1) is 0 Å². The first-order chi connectivity index (χ1) is 9.38. The number of nitrogens with one attached hydrogen (secondary N) is 1. The second-order valence-corrected chi connectivity index (χ2v) is 6.46. The fourth-order valence-corrected chi connectivity index (χ4v) is 2.34. The van der Waals surface area contributed by atoms with Crippen LogP contribution in [0.4, 0.5) is 0 Å². The van der Waals surface area contributed by atoms with E-state index in [9.17, 15) is 15.0 Å². The van der Waals surface area contributed by atoms with Crippen molar-refractivity contribution in [3.05, 3.63) is 0 Å². The highest BCUT2D eigenvalue weighted by Gasteiger charge is 2.19. The lowest BCUT2D eigenvalue weighted by Gasteiger charge is -2.31. The predicted molar refractivity (Wildman–Crippen MR) is 79.3 cm³/mol. The highest BCUT2D eigenvalue weighted by atomic mass is 16.3. The Labute approximate surface area is 122 Å².